The van der Waals surface area contributed by atoms with Gasteiger partial charge in [-0.1, -0.05) is 35.9 Å². The van der Waals surface area contributed by atoms with Gasteiger partial charge in [0.25, 0.3) is 0 Å². The Morgan fingerprint density at radius 2 is 1.94 bits per heavy atom. The van der Waals surface area contributed by atoms with Crippen molar-refractivity contribution in [2.75, 3.05) is 11.9 Å². The molecule has 1 fully saturated rings. The maximum Gasteiger partial charge on any atom is 0.159 e. The first-order valence-corrected chi connectivity index (χ1v) is 5.92. The zero-order valence-corrected chi connectivity index (χ0v) is 9.91. The van der Waals surface area contributed by atoms with Crippen molar-refractivity contribution in [2.24, 2.45) is 0 Å². The molecule has 0 saturated heterocycles. The lowest BCUT2D eigenvalue weighted by molar-refractivity contribution is 0.266. The summed E-state index contributed by atoms with van der Waals surface area (Å²) in [4.78, 5) is 0. The molecule has 1 heterocycles. The molecule has 2 N–H and O–H groups in total. The Morgan fingerprint density at radius 3 is 2.59 bits per heavy atom. The van der Waals surface area contributed by atoms with Crippen LogP contribution in [0.15, 0.2) is 24.3 Å². The summed E-state index contributed by atoms with van der Waals surface area (Å²) < 4.78 is 0. The molecule has 0 radical (unpaired) electrons. The number of nitrogens with zero attached hydrogens (tertiary/aromatic N) is 2. The number of hydrogen-bond donors (Lipinski definition) is 2. The van der Waals surface area contributed by atoms with Crippen molar-refractivity contribution in [3.05, 3.63) is 29.4 Å². The average molecular weight is 250 g/mol. The van der Waals surface area contributed by atoms with E-state index in [1.807, 2.05) is 24.3 Å². The summed E-state index contributed by atoms with van der Waals surface area (Å²) in [5, 5.41) is 22.8. The molecular formula is C12H12ClN3O. The highest BCUT2D eigenvalue weighted by atomic mass is 35.5. The third kappa shape index (κ3) is 1.83. The fourth-order valence-corrected chi connectivity index (χ4v) is 2.09. The highest BCUT2D eigenvalue weighted by molar-refractivity contribution is 6.34. The van der Waals surface area contributed by atoms with Crippen LogP contribution in [0.2, 0.25) is 5.15 Å². The Labute approximate surface area is 104 Å². The van der Waals surface area contributed by atoms with Gasteiger partial charge in [0, 0.05) is 10.8 Å². The van der Waals surface area contributed by atoms with Crippen molar-refractivity contribution in [1.29, 1.82) is 0 Å². The fourth-order valence-electron chi connectivity index (χ4n) is 1.89. The summed E-state index contributed by atoms with van der Waals surface area (Å²) in [6.07, 6.45) is 1.92. The topological polar surface area (TPSA) is 58.0 Å². The van der Waals surface area contributed by atoms with Crippen LogP contribution in [-0.4, -0.2) is 27.4 Å². The second-order valence-corrected chi connectivity index (χ2v) is 4.81. The Morgan fingerprint density at radius 1 is 1.24 bits per heavy atom. The van der Waals surface area contributed by atoms with Gasteiger partial charge in [-0.15, -0.1) is 10.2 Å². The van der Waals surface area contributed by atoms with E-state index in [1.165, 1.54) is 0 Å². The molecule has 0 atom stereocenters. The van der Waals surface area contributed by atoms with Crippen molar-refractivity contribution < 1.29 is 5.11 Å². The monoisotopic (exact) mass is 249 g/mol. The van der Waals surface area contributed by atoms with E-state index in [2.05, 4.69) is 15.5 Å². The summed E-state index contributed by atoms with van der Waals surface area (Å²) in [5.74, 6) is 0.691. The van der Waals surface area contributed by atoms with Crippen LogP contribution < -0.4 is 5.32 Å². The third-order valence-electron chi connectivity index (χ3n) is 3.18. The quantitative estimate of drug-likeness (QED) is 0.876. The van der Waals surface area contributed by atoms with Crippen LogP contribution in [0.5, 0.6) is 0 Å². The maximum atomic E-state index is 9.31. The third-order valence-corrected chi connectivity index (χ3v) is 3.46. The van der Waals surface area contributed by atoms with Gasteiger partial charge < -0.3 is 10.4 Å². The summed E-state index contributed by atoms with van der Waals surface area (Å²) >= 11 is 6.00. The number of aliphatic hydroxyl groups is 1. The van der Waals surface area contributed by atoms with Crippen molar-refractivity contribution in [3.8, 4) is 0 Å². The minimum atomic E-state index is -0.203. The molecule has 0 bridgehead atoms. The summed E-state index contributed by atoms with van der Waals surface area (Å²) in [6, 6.07) is 7.71. The van der Waals surface area contributed by atoms with Crippen LogP contribution in [0.4, 0.5) is 5.82 Å². The lowest BCUT2D eigenvalue weighted by Crippen LogP contribution is -2.26. The molecule has 1 aromatic carbocycles. The molecule has 0 spiro atoms. The predicted octanol–water partition coefficient (Wildman–Crippen LogP) is 2.22. The molecular weight excluding hydrogens is 238 g/mol. The van der Waals surface area contributed by atoms with E-state index >= 15 is 0 Å². The smallest absolute Gasteiger partial charge is 0.159 e. The summed E-state index contributed by atoms with van der Waals surface area (Å²) in [7, 11) is 0. The Bertz CT molecular complexity index is 569. The number of hydrogen-bond acceptors (Lipinski definition) is 4. The van der Waals surface area contributed by atoms with E-state index in [-0.39, 0.29) is 12.1 Å². The van der Waals surface area contributed by atoms with Crippen LogP contribution in [0.3, 0.4) is 0 Å². The molecule has 4 nitrogen and oxygen atoms in total. The fraction of sp³-hybridized carbons (Fsp3) is 0.333. The zero-order chi connectivity index (χ0) is 11.9. The van der Waals surface area contributed by atoms with Gasteiger partial charge in [-0.2, -0.15) is 0 Å². The van der Waals surface area contributed by atoms with Gasteiger partial charge in [0.2, 0.25) is 0 Å². The molecule has 1 aromatic heterocycles. The molecule has 2 aromatic rings. The molecule has 1 aliphatic carbocycles. The lowest BCUT2D eigenvalue weighted by atomic mass is 10.2. The highest BCUT2D eigenvalue weighted by Gasteiger charge is 2.42. The van der Waals surface area contributed by atoms with Gasteiger partial charge in [0.05, 0.1) is 12.1 Å². The van der Waals surface area contributed by atoms with Gasteiger partial charge >= 0.3 is 0 Å². The SMILES string of the molecule is OCC1(Nc2nnc(Cl)c3ccccc23)CC1. The number of benzene rings is 1. The number of halogens is 1. The Balaban J connectivity index is 2.08. The Kier molecular flexibility index (Phi) is 2.42. The number of aliphatic hydroxyl groups excluding tert-OH is 1. The number of rotatable bonds is 3. The van der Waals surface area contributed by atoms with Crippen molar-refractivity contribution in [3.63, 3.8) is 0 Å². The molecule has 88 valence electrons. The van der Waals surface area contributed by atoms with Crippen molar-refractivity contribution in [2.45, 2.75) is 18.4 Å². The molecule has 3 rings (SSSR count). The molecule has 0 amide bonds. The van der Waals surface area contributed by atoms with E-state index < -0.39 is 0 Å². The molecule has 1 aliphatic rings. The van der Waals surface area contributed by atoms with Gasteiger partial charge in [-0.25, -0.2) is 0 Å². The van der Waals surface area contributed by atoms with E-state index in [1.54, 1.807) is 0 Å². The first-order chi connectivity index (χ1) is 8.24. The summed E-state index contributed by atoms with van der Waals surface area (Å²) in [6.45, 7) is 0.117. The van der Waals surface area contributed by atoms with E-state index in [4.69, 9.17) is 11.6 Å². The van der Waals surface area contributed by atoms with Gasteiger partial charge in [0.15, 0.2) is 11.0 Å². The van der Waals surface area contributed by atoms with Gasteiger partial charge in [-0.3, -0.25) is 0 Å². The first kappa shape index (κ1) is 10.7. The standard InChI is InChI=1S/C12H12ClN3O/c13-10-8-3-1-2-4-9(8)11(16-15-10)14-12(7-17)5-6-12/h1-4,17H,5-7H2,(H,14,16). The summed E-state index contributed by atoms with van der Waals surface area (Å²) in [5.41, 5.74) is -0.203. The Hall–Kier alpha value is -1.39. The molecule has 0 aliphatic heterocycles. The van der Waals surface area contributed by atoms with Crippen LogP contribution in [0, 0.1) is 0 Å². The van der Waals surface area contributed by atoms with Gasteiger partial charge in [-0.05, 0) is 12.8 Å². The number of aromatic nitrogens is 2. The molecule has 17 heavy (non-hydrogen) atoms. The zero-order valence-electron chi connectivity index (χ0n) is 9.15. The van der Waals surface area contributed by atoms with Crippen LogP contribution >= 0.6 is 11.6 Å². The number of anilines is 1. The average Bonchev–Trinajstić information content (AvgIpc) is 3.14. The van der Waals surface area contributed by atoms with Crippen LogP contribution in [0.1, 0.15) is 12.8 Å². The minimum absolute atomic E-state index is 0.117. The maximum absolute atomic E-state index is 9.31. The highest BCUT2D eigenvalue weighted by Crippen LogP contribution is 2.39. The van der Waals surface area contributed by atoms with Crippen molar-refractivity contribution >= 4 is 28.2 Å². The normalized spacial score (nSPS) is 17.1. The van der Waals surface area contributed by atoms with E-state index in [0.717, 1.165) is 23.6 Å². The van der Waals surface area contributed by atoms with E-state index in [0.29, 0.717) is 11.0 Å². The molecule has 5 heteroatoms. The van der Waals surface area contributed by atoms with Crippen molar-refractivity contribution in [1.82, 2.24) is 10.2 Å². The number of fused-ring (bicyclic) bond motifs is 1. The minimum Gasteiger partial charge on any atom is -0.394 e. The largest absolute Gasteiger partial charge is 0.394 e. The van der Waals surface area contributed by atoms with E-state index in [9.17, 15) is 5.11 Å². The number of nitrogens with one attached hydrogen (secondary N) is 1. The first-order valence-electron chi connectivity index (χ1n) is 5.54. The van der Waals surface area contributed by atoms with Crippen LogP contribution in [0.25, 0.3) is 10.8 Å². The van der Waals surface area contributed by atoms with Gasteiger partial charge in [0.1, 0.15) is 0 Å². The second kappa shape index (κ2) is 3.82. The molecule has 0 unspecified atom stereocenters. The van der Waals surface area contributed by atoms with Crippen LogP contribution in [-0.2, 0) is 0 Å². The lowest BCUT2D eigenvalue weighted by Gasteiger charge is -2.16. The second-order valence-electron chi connectivity index (χ2n) is 4.45. The predicted molar refractivity (Wildman–Crippen MR) is 67.2 cm³/mol. The molecule has 1 saturated carbocycles.